The standard InChI is InChI=1S/C8H14NO/c1-4-5-6-9-8(10)7(2)3/h1-2,4-6H2,3H3,(H,9,10). The number of hydrogen-bond acceptors (Lipinski definition) is 1. The number of nitrogens with one attached hydrogen (secondary N) is 1. The highest BCUT2D eigenvalue weighted by atomic mass is 16.1. The number of hydrogen-bond donors (Lipinski definition) is 1. The van der Waals surface area contributed by atoms with E-state index in [4.69, 9.17) is 0 Å². The largest absolute Gasteiger partial charge is 0.352 e. The second kappa shape index (κ2) is 5.03. The lowest BCUT2D eigenvalue weighted by molar-refractivity contribution is -0.117. The van der Waals surface area contributed by atoms with Gasteiger partial charge in [-0.2, -0.15) is 0 Å². The second-order valence-electron chi connectivity index (χ2n) is 2.24. The Labute approximate surface area is 62.3 Å². The molecule has 0 fully saturated rings. The van der Waals surface area contributed by atoms with Crippen molar-refractivity contribution in [3.63, 3.8) is 0 Å². The highest BCUT2D eigenvalue weighted by Crippen LogP contribution is 1.87. The van der Waals surface area contributed by atoms with Gasteiger partial charge in [-0.05, 0) is 13.3 Å². The summed E-state index contributed by atoms with van der Waals surface area (Å²) in [6, 6.07) is 0. The van der Waals surface area contributed by atoms with Crippen LogP contribution < -0.4 is 5.32 Å². The van der Waals surface area contributed by atoms with E-state index in [1.54, 1.807) is 6.92 Å². The summed E-state index contributed by atoms with van der Waals surface area (Å²) in [7, 11) is 0. The van der Waals surface area contributed by atoms with Gasteiger partial charge in [0, 0.05) is 12.1 Å². The van der Waals surface area contributed by atoms with Crippen molar-refractivity contribution in [2.75, 3.05) is 6.54 Å². The van der Waals surface area contributed by atoms with Crippen molar-refractivity contribution < 1.29 is 4.79 Å². The molecule has 0 aliphatic rings. The maximum Gasteiger partial charge on any atom is 0.246 e. The average molecular weight is 140 g/mol. The molecule has 0 aromatic heterocycles. The van der Waals surface area contributed by atoms with E-state index in [-0.39, 0.29) is 5.91 Å². The smallest absolute Gasteiger partial charge is 0.246 e. The molecule has 10 heavy (non-hydrogen) atoms. The number of carbonyl (C=O) groups excluding carboxylic acids is 1. The normalized spacial score (nSPS) is 9.00. The Balaban J connectivity index is 3.31. The maximum absolute atomic E-state index is 10.8. The zero-order valence-corrected chi connectivity index (χ0v) is 6.44. The van der Waals surface area contributed by atoms with Gasteiger partial charge >= 0.3 is 0 Å². The molecule has 0 aromatic carbocycles. The summed E-state index contributed by atoms with van der Waals surface area (Å²) in [5, 5.41) is 2.70. The monoisotopic (exact) mass is 140 g/mol. The van der Waals surface area contributed by atoms with Crippen LogP contribution in [0.2, 0.25) is 0 Å². The van der Waals surface area contributed by atoms with E-state index >= 15 is 0 Å². The molecule has 0 atom stereocenters. The minimum Gasteiger partial charge on any atom is -0.352 e. The van der Waals surface area contributed by atoms with Gasteiger partial charge in [-0.3, -0.25) is 4.79 Å². The first kappa shape index (κ1) is 9.21. The number of amides is 1. The van der Waals surface area contributed by atoms with Crippen molar-refractivity contribution in [3.8, 4) is 0 Å². The van der Waals surface area contributed by atoms with Crippen LogP contribution in [0.3, 0.4) is 0 Å². The summed E-state index contributed by atoms with van der Waals surface area (Å²) >= 11 is 0. The van der Waals surface area contributed by atoms with Crippen molar-refractivity contribution in [1.82, 2.24) is 5.32 Å². The van der Waals surface area contributed by atoms with Crippen LogP contribution in [-0.2, 0) is 4.79 Å². The third-order valence-electron chi connectivity index (χ3n) is 1.10. The van der Waals surface area contributed by atoms with Crippen LogP contribution in [0.25, 0.3) is 0 Å². The molecule has 0 saturated heterocycles. The molecule has 2 nitrogen and oxygen atoms in total. The van der Waals surface area contributed by atoms with Gasteiger partial charge in [0.05, 0.1) is 0 Å². The molecule has 0 heterocycles. The summed E-state index contributed by atoms with van der Waals surface area (Å²) in [5.41, 5.74) is 0.559. The van der Waals surface area contributed by atoms with E-state index in [9.17, 15) is 4.79 Å². The topological polar surface area (TPSA) is 29.1 Å². The van der Waals surface area contributed by atoms with E-state index in [1.165, 1.54) is 0 Å². The summed E-state index contributed by atoms with van der Waals surface area (Å²) in [5.74, 6) is -0.0616. The van der Waals surface area contributed by atoms with E-state index in [0.717, 1.165) is 12.8 Å². The molecule has 0 rings (SSSR count). The van der Waals surface area contributed by atoms with Gasteiger partial charge in [-0.15, -0.1) is 0 Å². The average Bonchev–Trinajstić information content (AvgIpc) is 1.88. The third kappa shape index (κ3) is 4.13. The Morgan fingerprint density at radius 2 is 2.20 bits per heavy atom. The minimum atomic E-state index is -0.0616. The summed E-state index contributed by atoms with van der Waals surface area (Å²) < 4.78 is 0. The molecule has 0 unspecified atom stereocenters. The van der Waals surface area contributed by atoms with Gasteiger partial charge in [-0.1, -0.05) is 19.9 Å². The molecule has 0 aliphatic heterocycles. The minimum absolute atomic E-state index is 0.0616. The van der Waals surface area contributed by atoms with Crippen LogP contribution in [0, 0.1) is 6.92 Å². The van der Waals surface area contributed by atoms with Crippen LogP contribution in [-0.4, -0.2) is 12.5 Å². The molecule has 2 heteroatoms. The Morgan fingerprint density at radius 1 is 1.60 bits per heavy atom. The molecule has 57 valence electrons. The second-order valence-corrected chi connectivity index (χ2v) is 2.24. The van der Waals surface area contributed by atoms with E-state index in [1.807, 2.05) is 0 Å². The molecule has 1 radical (unpaired) electrons. The molecule has 0 saturated carbocycles. The van der Waals surface area contributed by atoms with Crippen molar-refractivity contribution in [2.24, 2.45) is 0 Å². The number of carbonyl (C=O) groups is 1. The highest BCUT2D eigenvalue weighted by molar-refractivity contribution is 5.91. The van der Waals surface area contributed by atoms with Crippen molar-refractivity contribution in [2.45, 2.75) is 19.8 Å². The fraction of sp³-hybridized carbons (Fsp3) is 0.500. The first-order chi connectivity index (χ1) is 4.68. The van der Waals surface area contributed by atoms with Crippen molar-refractivity contribution in [1.29, 1.82) is 0 Å². The van der Waals surface area contributed by atoms with Crippen molar-refractivity contribution >= 4 is 5.91 Å². The molecule has 1 N–H and O–H groups in total. The molecule has 1 amide bonds. The fourth-order valence-corrected chi connectivity index (χ4v) is 0.478. The molecular formula is C8H14NO. The van der Waals surface area contributed by atoms with Gasteiger partial charge in [0.2, 0.25) is 5.91 Å². The Bertz CT molecular complexity index is 129. The predicted molar refractivity (Wildman–Crippen MR) is 42.4 cm³/mol. The van der Waals surface area contributed by atoms with Gasteiger partial charge in [0.15, 0.2) is 0 Å². The van der Waals surface area contributed by atoms with Crippen LogP contribution in [0.4, 0.5) is 0 Å². The lowest BCUT2D eigenvalue weighted by Gasteiger charge is -2.01. The first-order valence-corrected chi connectivity index (χ1v) is 3.41. The fourth-order valence-electron chi connectivity index (χ4n) is 0.478. The molecular weight excluding hydrogens is 126 g/mol. The maximum atomic E-state index is 10.8. The van der Waals surface area contributed by atoms with Crippen LogP contribution in [0.5, 0.6) is 0 Å². The van der Waals surface area contributed by atoms with E-state index in [0.29, 0.717) is 12.1 Å². The first-order valence-electron chi connectivity index (χ1n) is 3.41. The third-order valence-corrected chi connectivity index (χ3v) is 1.10. The predicted octanol–water partition coefficient (Wildman–Crippen LogP) is 1.29. The van der Waals surface area contributed by atoms with Gasteiger partial charge in [0.25, 0.3) is 0 Å². The van der Waals surface area contributed by atoms with Crippen LogP contribution in [0.15, 0.2) is 12.2 Å². The number of unbranched alkanes of at least 4 members (excludes halogenated alkanes) is 1. The Hall–Kier alpha value is -0.790. The Morgan fingerprint density at radius 3 is 2.60 bits per heavy atom. The zero-order chi connectivity index (χ0) is 7.98. The van der Waals surface area contributed by atoms with Gasteiger partial charge in [-0.25, -0.2) is 0 Å². The Kier molecular flexibility index (Phi) is 4.63. The highest BCUT2D eigenvalue weighted by Gasteiger charge is 1.97. The van der Waals surface area contributed by atoms with Crippen LogP contribution in [0.1, 0.15) is 19.8 Å². The molecule has 0 aliphatic carbocycles. The summed E-state index contributed by atoms with van der Waals surface area (Å²) in [4.78, 5) is 10.8. The summed E-state index contributed by atoms with van der Waals surface area (Å²) in [6.45, 7) is 9.56. The van der Waals surface area contributed by atoms with Crippen molar-refractivity contribution in [3.05, 3.63) is 19.1 Å². The lowest BCUT2D eigenvalue weighted by atomic mass is 10.3. The summed E-state index contributed by atoms with van der Waals surface area (Å²) in [6.07, 6.45) is 1.79. The quantitative estimate of drug-likeness (QED) is 0.462. The van der Waals surface area contributed by atoms with Gasteiger partial charge in [0.1, 0.15) is 0 Å². The zero-order valence-electron chi connectivity index (χ0n) is 6.44. The van der Waals surface area contributed by atoms with Crippen LogP contribution >= 0.6 is 0 Å². The van der Waals surface area contributed by atoms with E-state index < -0.39 is 0 Å². The molecule has 0 aromatic rings. The van der Waals surface area contributed by atoms with E-state index in [2.05, 4.69) is 18.8 Å². The molecule has 0 spiro atoms. The molecule has 0 bridgehead atoms. The SMILES string of the molecule is [CH2]CCCNC(=O)C(=C)C. The van der Waals surface area contributed by atoms with Gasteiger partial charge < -0.3 is 5.32 Å². The number of rotatable bonds is 4. The lowest BCUT2D eigenvalue weighted by Crippen LogP contribution is -2.24.